The summed E-state index contributed by atoms with van der Waals surface area (Å²) in [6, 6.07) is 7.32. The summed E-state index contributed by atoms with van der Waals surface area (Å²) in [5.74, 6) is -0.609. The highest BCUT2D eigenvalue weighted by atomic mass is 35.5. The standard InChI is InChI=1S/C22H25ClN4O3/c1-13-11-26(8-7-24-13)20(28)16-10-18-19(21(29)30-22(2,3)4)25-12-27(18)17-6-5-14(23)9-15(16)17/h5-6,9-10,12-13,24H,7-8,11H2,1-4H3/t13-/m0/s1. The highest BCUT2D eigenvalue weighted by Crippen LogP contribution is 2.28. The molecular formula is C22H25ClN4O3. The van der Waals surface area contributed by atoms with Crippen molar-refractivity contribution in [3.63, 3.8) is 0 Å². The summed E-state index contributed by atoms with van der Waals surface area (Å²) in [7, 11) is 0. The van der Waals surface area contributed by atoms with Gasteiger partial charge >= 0.3 is 5.97 Å². The second-order valence-corrected chi connectivity index (χ2v) is 9.11. The molecule has 0 radical (unpaired) electrons. The van der Waals surface area contributed by atoms with Crippen LogP contribution in [0.15, 0.2) is 30.6 Å². The number of benzene rings is 1. The first kappa shape index (κ1) is 20.6. The lowest BCUT2D eigenvalue weighted by atomic mass is 10.0. The number of aromatic nitrogens is 2. The Morgan fingerprint density at radius 1 is 1.23 bits per heavy atom. The topological polar surface area (TPSA) is 75.9 Å². The molecule has 1 atom stereocenters. The molecule has 2 aromatic heterocycles. The van der Waals surface area contributed by atoms with Crippen molar-refractivity contribution in [2.75, 3.05) is 19.6 Å². The first-order valence-corrected chi connectivity index (χ1v) is 10.4. The van der Waals surface area contributed by atoms with Crippen LogP contribution in [0.2, 0.25) is 5.02 Å². The van der Waals surface area contributed by atoms with Gasteiger partial charge in [0.05, 0.1) is 16.6 Å². The molecule has 0 unspecified atom stereocenters. The van der Waals surface area contributed by atoms with Gasteiger partial charge in [0.2, 0.25) is 0 Å². The second-order valence-electron chi connectivity index (χ2n) is 8.68. The van der Waals surface area contributed by atoms with Crippen LogP contribution in [0, 0.1) is 0 Å². The third-order valence-corrected chi connectivity index (χ3v) is 5.31. The molecule has 7 nitrogen and oxygen atoms in total. The van der Waals surface area contributed by atoms with E-state index in [1.807, 2.05) is 11.0 Å². The normalized spacial score (nSPS) is 17.5. The quantitative estimate of drug-likeness (QED) is 0.632. The van der Waals surface area contributed by atoms with E-state index in [-0.39, 0.29) is 17.6 Å². The monoisotopic (exact) mass is 428 g/mol. The fraction of sp³-hybridized carbons (Fsp3) is 0.409. The number of rotatable bonds is 2. The van der Waals surface area contributed by atoms with Gasteiger partial charge in [-0.05, 0) is 52.0 Å². The molecule has 0 saturated carbocycles. The van der Waals surface area contributed by atoms with Gasteiger partial charge in [0.1, 0.15) is 11.9 Å². The van der Waals surface area contributed by atoms with Crippen molar-refractivity contribution in [1.29, 1.82) is 0 Å². The van der Waals surface area contributed by atoms with E-state index < -0.39 is 11.6 Å². The van der Waals surface area contributed by atoms with Gasteiger partial charge in [0.25, 0.3) is 5.91 Å². The van der Waals surface area contributed by atoms with Gasteiger partial charge in [-0.15, -0.1) is 0 Å². The lowest BCUT2D eigenvalue weighted by Crippen LogP contribution is -2.51. The molecular weight excluding hydrogens is 404 g/mol. The van der Waals surface area contributed by atoms with Crippen LogP contribution in [0.3, 0.4) is 0 Å². The van der Waals surface area contributed by atoms with E-state index in [9.17, 15) is 9.59 Å². The molecule has 1 aliphatic rings. The Labute approximate surface area is 180 Å². The number of fused-ring (bicyclic) bond motifs is 3. The molecule has 8 heteroatoms. The molecule has 1 aromatic carbocycles. The Morgan fingerprint density at radius 2 is 2.00 bits per heavy atom. The number of hydrogen-bond donors (Lipinski definition) is 1. The zero-order chi connectivity index (χ0) is 21.6. The number of imidazole rings is 1. The van der Waals surface area contributed by atoms with Gasteiger partial charge in [-0.3, -0.25) is 9.20 Å². The molecule has 1 saturated heterocycles. The molecule has 1 amide bonds. The van der Waals surface area contributed by atoms with Crippen molar-refractivity contribution < 1.29 is 14.3 Å². The number of halogens is 1. The number of piperazine rings is 1. The first-order chi connectivity index (χ1) is 14.1. The zero-order valence-electron chi connectivity index (χ0n) is 17.5. The van der Waals surface area contributed by atoms with E-state index in [0.29, 0.717) is 29.2 Å². The molecule has 0 spiro atoms. The summed E-state index contributed by atoms with van der Waals surface area (Å²) in [5, 5.41) is 4.61. The summed E-state index contributed by atoms with van der Waals surface area (Å²) in [6.45, 7) is 9.45. The Bertz CT molecular complexity index is 1150. The predicted molar refractivity (Wildman–Crippen MR) is 116 cm³/mol. The van der Waals surface area contributed by atoms with Crippen molar-refractivity contribution in [3.8, 4) is 0 Å². The first-order valence-electron chi connectivity index (χ1n) is 9.99. The Kier molecular flexibility index (Phi) is 5.20. The van der Waals surface area contributed by atoms with Crippen LogP contribution in [0.25, 0.3) is 16.4 Å². The van der Waals surface area contributed by atoms with Crippen molar-refractivity contribution in [2.45, 2.75) is 39.3 Å². The molecule has 1 N–H and O–H groups in total. The Morgan fingerprint density at radius 3 is 2.70 bits per heavy atom. The van der Waals surface area contributed by atoms with E-state index in [1.54, 1.807) is 49.7 Å². The Balaban J connectivity index is 1.89. The van der Waals surface area contributed by atoms with Crippen LogP contribution >= 0.6 is 11.6 Å². The van der Waals surface area contributed by atoms with Crippen LogP contribution in [0.1, 0.15) is 48.5 Å². The number of nitrogens with one attached hydrogen (secondary N) is 1. The largest absolute Gasteiger partial charge is 0.455 e. The minimum atomic E-state index is -0.646. The van der Waals surface area contributed by atoms with E-state index in [0.717, 1.165) is 17.4 Å². The molecule has 0 aliphatic carbocycles. The summed E-state index contributed by atoms with van der Waals surface area (Å²) in [4.78, 5) is 32.3. The molecule has 3 heterocycles. The third kappa shape index (κ3) is 3.87. The number of pyridine rings is 1. The van der Waals surface area contributed by atoms with Gasteiger partial charge in [-0.25, -0.2) is 9.78 Å². The second kappa shape index (κ2) is 7.56. The maximum absolute atomic E-state index is 13.5. The highest BCUT2D eigenvalue weighted by Gasteiger charge is 2.27. The fourth-order valence-electron chi connectivity index (χ4n) is 3.78. The summed E-state index contributed by atoms with van der Waals surface area (Å²) >= 11 is 6.25. The minimum absolute atomic E-state index is 0.0885. The van der Waals surface area contributed by atoms with E-state index >= 15 is 0 Å². The van der Waals surface area contributed by atoms with Gasteiger partial charge in [-0.2, -0.15) is 0 Å². The molecule has 1 aliphatic heterocycles. The maximum atomic E-state index is 13.5. The summed E-state index contributed by atoms with van der Waals surface area (Å²) in [5.41, 5.74) is 1.33. The summed E-state index contributed by atoms with van der Waals surface area (Å²) in [6.07, 6.45) is 1.58. The molecule has 158 valence electrons. The van der Waals surface area contributed by atoms with Crippen molar-refractivity contribution in [2.24, 2.45) is 0 Å². The number of ether oxygens (including phenoxy) is 1. The van der Waals surface area contributed by atoms with Crippen LogP contribution in [0.4, 0.5) is 0 Å². The van der Waals surface area contributed by atoms with E-state index in [1.165, 1.54) is 0 Å². The van der Waals surface area contributed by atoms with Gasteiger partial charge in [0, 0.05) is 36.1 Å². The SMILES string of the molecule is C[C@H]1CN(C(=O)c2cc3c(C(=O)OC(C)(C)C)ncn3c3ccc(Cl)cc23)CCN1. The number of nitrogens with zero attached hydrogens (tertiary/aromatic N) is 3. The highest BCUT2D eigenvalue weighted by molar-refractivity contribution is 6.31. The average molecular weight is 429 g/mol. The van der Waals surface area contributed by atoms with Crippen LogP contribution in [0.5, 0.6) is 0 Å². The number of carbonyl (C=O) groups excluding carboxylic acids is 2. The van der Waals surface area contributed by atoms with E-state index in [4.69, 9.17) is 16.3 Å². The Hall–Kier alpha value is -2.64. The molecule has 3 aromatic rings. The van der Waals surface area contributed by atoms with Gasteiger partial charge < -0.3 is 15.0 Å². The number of amides is 1. The number of carbonyl (C=O) groups is 2. The lowest BCUT2D eigenvalue weighted by molar-refractivity contribution is 0.00656. The molecule has 0 bridgehead atoms. The lowest BCUT2D eigenvalue weighted by Gasteiger charge is -2.32. The smallest absolute Gasteiger partial charge is 0.359 e. The fourth-order valence-corrected chi connectivity index (χ4v) is 3.96. The third-order valence-electron chi connectivity index (χ3n) is 5.07. The zero-order valence-corrected chi connectivity index (χ0v) is 18.3. The van der Waals surface area contributed by atoms with Crippen molar-refractivity contribution in [1.82, 2.24) is 19.6 Å². The molecule has 30 heavy (non-hydrogen) atoms. The van der Waals surface area contributed by atoms with Crippen molar-refractivity contribution >= 4 is 39.9 Å². The van der Waals surface area contributed by atoms with Gasteiger partial charge in [-0.1, -0.05) is 11.6 Å². The maximum Gasteiger partial charge on any atom is 0.359 e. The predicted octanol–water partition coefficient (Wildman–Crippen LogP) is 3.53. The number of hydrogen-bond acceptors (Lipinski definition) is 5. The summed E-state index contributed by atoms with van der Waals surface area (Å²) < 4.78 is 7.31. The van der Waals surface area contributed by atoms with Crippen molar-refractivity contribution in [3.05, 3.63) is 46.9 Å². The van der Waals surface area contributed by atoms with Crippen LogP contribution in [-0.2, 0) is 4.74 Å². The van der Waals surface area contributed by atoms with E-state index in [2.05, 4.69) is 17.2 Å². The molecule has 1 fully saturated rings. The minimum Gasteiger partial charge on any atom is -0.455 e. The van der Waals surface area contributed by atoms with Gasteiger partial charge in [0.15, 0.2) is 5.69 Å². The average Bonchev–Trinajstić information content (AvgIpc) is 3.09. The van der Waals surface area contributed by atoms with Crippen LogP contribution in [-0.4, -0.2) is 57.4 Å². The molecule has 4 rings (SSSR count). The number of esters is 1. The van der Waals surface area contributed by atoms with Crippen LogP contribution < -0.4 is 5.32 Å².